The van der Waals surface area contributed by atoms with Crippen LogP contribution in [0, 0.1) is 6.92 Å². The first kappa shape index (κ1) is 11.5. The lowest BCUT2D eigenvalue weighted by molar-refractivity contribution is 0.104. The number of aromatic amines is 1. The SMILES string of the molecule is Cc1cscc1C(=O)c1c[nH]c2cc(Cl)ccc12. The molecule has 2 nitrogen and oxygen atoms in total. The van der Waals surface area contributed by atoms with Gasteiger partial charge in [-0.15, -0.1) is 0 Å². The first-order chi connectivity index (χ1) is 8.66. The number of hydrogen-bond donors (Lipinski definition) is 1. The number of nitrogens with one attached hydrogen (secondary N) is 1. The molecule has 0 spiro atoms. The second-order valence-corrected chi connectivity index (χ2v) is 5.37. The fourth-order valence-corrected chi connectivity index (χ4v) is 3.02. The first-order valence-electron chi connectivity index (χ1n) is 5.51. The van der Waals surface area contributed by atoms with Crippen LogP contribution < -0.4 is 0 Å². The third kappa shape index (κ3) is 1.76. The molecule has 2 heterocycles. The summed E-state index contributed by atoms with van der Waals surface area (Å²) >= 11 is 7.48. The predicted octanol–water partition coefficient (Wildman–Crippen LogP) is 4.42. The summed E-state index contributed by atoms with van der Waals surface area (Å²) in [6, 6.07) is 5.51. The van der Waals surface area contributed by atoms with E-state index in [1.807, 2.05) is 29.8 Å². The van der Waals surface area contributed by atoms with Crippen molar-refractivity contribution in [2.45, 2.75) is 6.92 Å². The minimum absolute atomic E-state index is 0.0577. The predicted molar refractivity (Wildman–Crippen MR) is 75.8 cm³/mol. The van der Waals surface area contributed by atoms with Crippen molar-refractivity contribution in [2.75, 3.05) is 0 Å². The van der Waals surface area contributed by atoms with Crippen molar-refractivity contribution in [3.63, 3.8) is 0 Å². The standard InChI is InChI=1S/C14H10ClNOS/c1-8-6-18-7-12(8)14(17)11-5-16-13-4-9(15)2-3-10(11)13/h2-7,16H,1H3. The fraction of sp³-hybridized carbons (Fsp3) is 0.0714. The quantitative estimate of drug-likeness (QED) is 0.690. The minimum Gasteiger partial charge on any atom is -0.360 e. The molecule has 1 N–H and O–H groups in total. The number of H-pyrrole nitrogens is 1. The average molecular weight is 276 g/mol. The van der Waals surface area contributed by atoms with E-state index in [4.69, 9.17) is 11.6 Å². The van der Waals surface area contributed by atoms with E-state index in [9.17, 15) is 4.79 Å². The molecule has 0 unspecified atom stereocenters. The van der Waals surface area contributed by atoms with Crippen molar-refractivity contribution < 1.29 is 4.79 Å². The average Bonchev–Trinajstić information content (AvgIpc) is 2.94. The van der Waals surface area contributed by atoms with Gasteiger partial charge in [-0.1, -0.05) is 17.7 Å². The van der Waals surface area contributed by atoms with Gasteiger partial charge in [-0.25, -0.2) is 0 Å². The number of carbonyl (C=O) groups is 1. The smallest absolute Gasteiger partial charge is 0.196 e. The van der Waals surface area contributed by atoms with Gasteiger partial charge in [0.2, 0.25) is 0 Å². The van der Waals surface area contributed by atoms with Crippen LogP contribution in [0.25, 0.3) is 10.9 Å². The summed E-state index contributed by atoms with van der Waals surface area (Å²) in [4.78, 5) is 15.5. The fourth-order valence-electron chi connectivity index (χ4n) is 2.02. The molecule has 0 saturated heterocycles. The Morgan fingerprint density at radius 3 is 2.83 bits per heavy atom. The van der Waals surface area contributed by atoms with Crippen molar-refractivity contribution >= 4 is 39.6 Å². The third-order valence-electron chi connectivity index (χ3n) is 2.99. The third-order valence-corrected chi connectivity index (χ3v) is 4.09. The van der Waals surface area contributed by atoms with Crippen LogP contribution in [0.4, 0.5) is 0 Å². The summed E-state index contributed by atoms with van der Waals surface area (Å²) in [5, 5.41) is 5.45. The van der Waals surface area contributed by atoms with E-state index in [0.717, 1.165) is 22.0 Å². The van der Waals surface area contributed by atoms with E-state index in [1.54, 1.807) is 23.6 Å². The first-order valence-corrected chi connectivity index (χ1v) is 6.83. The Morgan fingerprint density at radius 2 is 2.11 bits per heavy atom. The lowest BCUT2D eigenvalue weighted by atomic mass is 10.0. The Bertz CT molecular complexity index is 741. The number of aromatic nitrogens is 1. The van der Waals surface area contributed by atoms with Crippen LogP contribution in [0.15, 0.2) is 35.2 Å². The molecular formula is C14H10ClNOS. The highest BCUT2D eigenvalue weighted by Crippen LogP contribution is 2.26. The molecule has 0 aliphatic carbocycles. The minimum atomic E-state index is 0.0577. The van der Waals surface area contributed by atoms with Gasteiger partial charge in [0.15, 0.2) is 5.78 Å². The summed E-state index contributed by atoms with van der Waals surface area (Å²) in [5.41, 5.74) is 3.38. The zero-order chi connectivity index (χ0) is 12.7. The van der Waals surface area contributed by atoms with Gasteiger partial charge in [-0.3, -0.25) is 4.79 Å². The van der Waals surface area contributed by atoms with E-state index < -0.39 is 0 Å². The molecule has 0 bridgehead atoms. The molecule has 18 heavy (non-hydrogen) atoms. The van der Waals surface area contributed by atoms with E-state index in [1.165, 1.54) is 0 Å². The van der Waals surface area contributed by atoms with Crippen molar-refractivity contribution in [1.82, 2.24) is 4.98 Å². The summed E-state index contributed by atoms with van der Waals surface area (Å²) in [7, 11) is 0. The number of fused-ring (bicyclic) bond motifs is 1. The molecule has 2 aromatic heterocycles. The summed E-state index contributed by atoms with van der Waals surface area (Å²) in [6.07, 6.45) is 1.75. The Balaban J connectivity index is 2.16. The highest BCUT2D eigenvalue weighted by Gasteiger charge is 2.16. The van der Waals surface area contributed by atoms with Crippen LogP contribution in [0.5, 0.6) is 0 Å². The van der Waals surface area contributed by atoms with Crippen molar-refractivity contribution in [3.8, 4) is 0 Å². The molecule has 0 aliphatic heterocycles. The van der Waals surface area contributed by atoms with Gasteiger partial charge < -0.3 is 4.98 Å². The Kier molecular flexibility index (Phi) is 2.73. The zero-order valence-electron chi connectivity index (χ0n) is 9.66. The van der Waals surface area contributed by atoms with Crippen molar-refractivity contribution in [1.29, 1.82) is 0 Å². The van der Waals surface area contributed by atoms with Gasteiger partial charge in [-0.05, 0) is 30.0 Å². The summed E-state index contributed by atoms with van der Waals surface area (Å²) < 4.78 is 0. The van der Waals surface area contributed by atoms with Crippen LogP contribution in [0.2, 0.25) is 5.02 Å². The Morgan fingerprint density at radius 1 is 1.28 bits per heavy atom. The molecule has 0 fully saturated rings. The van der Waals surface area contributed by atoms with Gasteiger partial charge in [-0.2, -0.15) is 11.3 Å². The van der Waals surface area contributed by atoms with Crippen LogP contribution in [0.1, 0.15) is 21.5 Å². The van der Waals surface area contributed by atoms with Gasteiger partial charge in [0.25, 0.3) is 0 Å². The largest absolute Gasteiger partial charge is 0.360 e. The Hall–Kier alpha value is -1.58. The second kappa shape index (κ2) is 4.26. The maximum absolute atomic E-state index is 12.4. The molecule has 1 aromatic carbocycles. The zero-order valence-corrected chi connectivity index (χ0v) is 11.2. The van der Waals surface area contributed by atoms with E-state index in [0.29, 0.717) is 10.6 Å². The number of carbonyl (C=O) groups excluding carboxylic acids is 1. The molecular weight excluding hydrogens is 266 g/mol. The molecule has 3 rings (SSSR count). The number of hydrogen-bond acceptors (Lipinski definition) is 2. The van der Waals surface area contributed by atoms with E-state index in [2.05, 4.69) is 4.98 Å². The van der Waals surface area contributed by atoms with Crippen LogP contribution in [-0.2, 0) is 0 Å². The number of halogens is 1. The van der Waals surface area contributed by atoms with Crippen LogP contribution >= 0.6 is 22.9 Å². The van der Waals surface area contributed by atoms with E-state index >= 15 is 0 Å². The van der Waals surface area contributed by atoms with Gasteiger partial charge in [0.1, 0.15) is 0 Å². The topological polar surface area (TPSA) is 32.9 Å². The molecule has 0 amide bonds. The van der Waals surface area contributed by atoms with Crippen LogP contribution in [0.3, 0.4) is 0 Å². The monoisotopic (exact) mass is 275 g/mol. The van der Waals surface area contributed by atoms with Gasteiger partial charge in [0.05, 0.1) is 0 Å². The highest BCUT2D eigenvalue weighted by atomic mass is 35.5. The lowest BCUT2D eigenvalue weighted by Gasteiger charge is -1.99. The molecule has 3 aromatic rings. The molecule has 0 atom stereocenters. The van der Waals surface area contributed by atoms with Gasteiger partial charge in [0, 0.05) is 38.6 Å². The number of rotatable bonds is 2. The summed E-state index contributed by atoms with van der Waals surface area (Å²) in [5.74, 6) is 0.0577. The molecule has 0 saturated carbocycles. The van der Waals surface area contributed by atoms with E-state index in [-0.39, 0.29) is 5.78 Å². The number of thiophene rings is 1. The normalized spacial score (nSPS) is 11.0. The number of benzene rings is 1. The molecule has 90 valence electrons. The maximum atomic E-state index is 12.4. The second-order valence-electron chi connectivity index (χ2n) is 4.19. The molecule has 4 heteroatoms. The van der Waals surface area contributed by atoms with Gasteiger partial charge >= 0.3 is 0 Å². The van der Waals surface area contributed by atoms with Crippen molar-refractivity contribution in [2.24, 2.45) is 0 Å². The number of aryl methyl sites for hydroxylation is 1. The Labute approximate surface area is 113 Å². The molecule has 0 aliphatic rings. The molecule has 0 radical (unpaired) electrons. The van der Waals surface area contributed by atoms with Crippen molar-refractivity contribution in [3.05, 3.63) is 56.9 Å². The number of ketones is 1. The lowest BCUT2D eigenvalue weighted by Crippen LogP contribution is -2.00. The van der Waals surface area contributed by atoms with Crippen LogP contribution in [-0.4, -0.2) is 10.8 Å². The summed E-state index contributed by atoms with van der Waals surface area (Å²) in [6.45, 7) is 1.95. The highest BCUT2D eigenvalue weighted by molar-refractivity contribution is 7.08. The maximum Gasteiger partial charge on any atom is 0.196 e.